The molecule has 10 heteroatoms. The molecule has 30 heavy (non-hydrogen) atoms. The molecule has 0 fully saturated rings. The monoisotopic (exact) mass is 434 g/mol. The van der Waals surface area contributed by atoms with Crippen LogP contribution in [0.2, 0.25) is 5.02 Å². The molecule has 0 aliphatic carbocycles. The van der Waals surface area contributed by atoms with Crippen molar-refractivity contribution < 1.29 is 14.3 Å². The van der Waals surface area contributed by atoms with Gasteiger partial charge in [-0.05, 0) is 33.8 Å². The van der Waals surface area contributed by atoms with Gasteiger partial charge in [-0.15, -0.1) is 0 Å². The van der Waals surface area contributed by atoms with Crippen LogP contribution in [-0.4, -0.2) is 54.9 Å². The Kier molecular flexibility index (Phi) is 6.23. The Morgan fingerprint density at radius 2 is 2.00 bits per heavy atom. The van der Waals surface area contributed by atoms with E-state index in [1.54, 1.807) is 23.0 Å². The number of alkyl halides is 1. The predicted molar refractivity (Wildman–Crippen MR) is 114 cm³/mol. The third-order valence-corrected chi connectivity index (χ3v) is 4.59. The SMILES string of the molecule is CC(C)Nc1cc(-n2cnc3cc(Cl)cnc32)ncc1C(=O)NC[C@@H](F)C(C)(C)O. The molecule has 1 amide bonds. The summed E-state index contributed by atoms with van der Waals surface area (Å²) in [7, 11) is 0. The van der Waals surface area contributed by atoms with Gasteiger partial charge < -0.3 is 15.7 Å². The lowest BCUT2D eigenvalue weighted by Gasteiger charge is -2.23. The summed E-state index contributed by atoms with van der Waals surface area (Å²) in [5.41, 5.74) is 0.431. The molecule has 0 aliphatic heterocycles. The van der Waals surface area contributed by atoms with E-state index in [2.05, 4.69) is 25.6 Å². The fraction of sp³-hybridized carbons (Fsp3) is 0.400. The zero-order valence-electron chi connectivity index (χ0n) is 17.1. The predicted octanol–water partition coefficient (Wildman–Crippen LogP) is 3.13. The standard InChI is InChI=1S/C20H24ClFN6O2/c1-11(2)27-14-6-17(28-10-26-15-5-12(21)7-24-18(15)28)23-8-13(14)19(29)25-9-16(22)20(3,4)30/h5-8,10-11,16,30H,9H2,1-4H3,(H,23,27)(H,25,29)/t16-/m1/s1. The van der Waals surface area contributed by atoms with Crippen LogP contribution in [0.4, 0.5) is 10.1 Å². The van der Waals surface area contributed by atoms with E-state index in [4.69, 9.17) is 11.6 Å². The number of amides is 1. The average molecular weight is 435 g/mol. The first kappa shape index (κ1) is 21.9. The number of aliphatic hydroxyl groups is 1. The minimum atomic E-state index is -1.61. The summed E-state index contributed by atoms with van der Waals surface area (Å²) < 4.78 is 15.7. The van der Waals surface area contributed by atoms with Crippen LogP contribution in [0.15, 0.2) is 30.9 Å². The van der Waals surface area contributed by atoms with Crippen LogP contribution in [-0.2, 0) is 0 Å². The lowest BCUT2D eigenvalue weighted by Crippen LogP contribution is -2.42. The van der Waals surface area contributed by atoms with E-state index in [1.165, 1.54) is 26.2 Å². The summed E-state index contributed by atoms with van der Waals surface area (Å²) in [6.07, 6.45) is 2.90. The first-order chi connectivity index (χ1) is 14.1. The number of nitrogens with one attached hydrogen (secondary N) is 2. The molecule has 0 saturated heterocycles. The number of halogens is 2. The van der Waals surface area contributed by atoms with Crippen molar-refractivity contribution >= 4 is 34.4 Å². The maximum atomic E-state index is 14.0. The second-order valence-corrected chi connectivity index (χ2v) is 8.27. The molecular formula is C20H24ClFN6O2. The Hall–Kier alpha value is -2.78. The fourth-order valence-corrected chi connectivity index (χ4v) is 2.91. The van der Waals surface area contributed by atoms with Crippen LogP contribution in [0.1, 0.15) is 38.1 Å². The van der Waals surface area contributed by atoms with E-state index in [-0.39, 0.29) is 18.2 Å². The number of carbonyl (C=O) groups excluding carboxylic acids is 1. The van der Waals surface area contributed by atoms with Crippen molar-refractivity contribution in [3.63, 3.8) is 0 Å². The number of pyridine rings is 2. The maximum absolute atomic E-state index is 14.0. The molecular weight excluding hydrogens is 411 g/mol. The molecule has 0 saturated carbocycles. The Morgan fingerprint density at radius 1 is 1.27 bits per heavy atom. The van der Waals surface area contributed by atoms with Crippen molar-refractivity contribution in [3.05, 3.63) is 41.4 Å². The number of rotatable bonds is 7. The van der Waals surface area contributed by atoms with Gasteiger partial charge in [0.1, 0.15) is 23.8 Å². The van der Waals surface area contributed by atoms with Gasteiger partial charge in [0.25, 0.3) is 5.91 Å². The summed E-state index contributed by atoms with van der Waals surface area (Å²) in [4.78, 5) is 25.6. The molecule has 3 rings (SSSR count). The third-order valence-electron chi connectivity index (χ3n) is 4.39. The molecule has 3 heterocycles. The molecule has 0 spiro atoms. The van der Waals surface area contributed by atoms with Crippen molar-refractivity contribution in [2.75, 3.05) is 11.9 Å². The summed E-state index contributed by atoms with van der Waals surface area (Å²) in [5.74, 6) is 0.0105. The van der Waals surface area contributed by atoms with Crippen molar-refractivity contribution in [2.45, 2.75) is 45.5 Å². The molecule has 0 bridgehead atoms. The fourth-order valence-electron chi connectivity index (χ4n) is 2.76. The normalized spacial score (nSPS) is 12.9. The van der Waals surface area contributed by atoms with Gasteiger partial charge >= 0.3 is 0 Å². The van der Waals surface area contributed by atoms with E-state index >= 15 is 0 Å². The zero-order valence-corrected chi connectivity index (χ0v) is 17.9. The number of carbonyl (C=O) groups is 1. The Morgan fingerprint density at radius 3 is 2.67 bits per heavy atom. The third kappa shape index (κ3) is 4.85. The van der Waals surface area contributed by atoms with Crippen LogP contribution >= 0.6 is 11.6 Å². The second-order valence-electron chi connectivity index (χ2n) is 7.83. The number of aromatic nitrogens is 4. The highest BCUT2D eigenvalue weighted by Crippen LogP contribution is 2.23. The number of nitrogens with zero attached hydrogens (tertiary/aromatic N) is 4. The average Bonchev–Trinajstić information content (AvgIpc) is 3.07. The molecule has 0 aliphatic rings. The largest absolute Gasteiger partial charge is 0.387 e. The quantitative estimate of drug-likeness (QED) is 0.527. The molecule has 3 aromatic rings. The van der Waals surface area contributed by atoms with E-state index in [9.17, 15) is 14.3 Å². The first-order valence-electron chi connectivity index (χ1n) is 9.46. The van der Waals surface area contributed by atoms with E-state index < -0.39 is 17.7 Å². The number of hydrogen-bond acceptors (Lipinski definition) is 6. The molecule has 8 nitrogen and oxygen atoms in total. The summed E-state index contributed by atoms with van der Waals surface area (Å²) >= 11 is 5.97. The summed E-state index contributed by atoms with van der Waals surface area (Å²) in [6.45, 7) is 6.25. The minimum Gasteiger partial charge on any atom is -0.387 e. The lowest BCUT2D eigenvalue weighted by atomic mass is 10.0. The van der Waals surface area contributed by atoms with Gasteiger partial charge in [0.05, 0.1) is 28.4 Å². The van der Waals surface area contributed by atoms with Gasteiger partial charge in [-0.25, -0.2) is 19.3 Å². The molecule has 3 N–H and O–H groups in total. The van der Waals surface area contributed by atoms with Crippen LogP contribution in [0, 0.1) is 0 Å². The Balaban J connectivity index is 1.92. The number of fused-ring (bicyclic) bond motifs is 1. The van der Waals surface area contributed by atoms with Crippen molar-refractivity contribution in [3.8, 4) is 5.82 Å². The molecule has 160 valence electrons. The summed E-state index contributed by atoms with van der Waals surface area (Å²) in [6, 6.07) is 3.44. The Labute approximate surface area is 178 Å². The topological polar surface area (TPSA) is 105 Å². The summed E-state index contributed by atoms with van der Waals surface area (Å²) in [5, 5.41) is 15.9. The van der Waals surface area contributed by atoms with Gasteiger partial charge in [-0.2, -0.15) is 0 Å². The second kappa shape index (κ2) is 8.53. The van der Waals surface area contributed by atoms with Gasteiger partial charge in [0, 0.05) is 24.5 Å². The van der Waals surface area contributed by atoms with Crippen LogP contribution in [0.5, 0.6) is 0 Å². The molecule has 3 aromatic heterocycles. The smallest absolute Gasteiger partial charge is 0.255 e. The maximum Gasteiger partial charge on any atom is 0.255 e. The van der Waals surface area contributed by atoms with Gasteiger partial charge in [0.15, 0.2) is 5.65 Å². The van der Waals surface area contributed by atoms with Crippen LogP contribution in [0.25, 0.3) is 17.0 Å². The van der Waals surface area contributed by atoms with Crippen molar-refractivity contribution in [1.29, 1.82) is 0 Å². The van der Waals surface area contributed by atoms with E-state index in [0.29, 0.717) is 27.7 Å². The van der Waals surface area contributed by atoms with E-state index in [0.717, 1.165) is 0 Å². The number of imidazole rings is 1. The minimum absolute atomic E-state index is 0.0357. The number of anilines is 1. The highest BCUT2D eigenvalue weighted by Gasteiger charge is 2.27. The molecule has 0 aromatic carbocycles. The first-order valence-corrected chi connectivity index (χ1v) is 9.84. The highest BCUT2D eigenvalue weighted by molar-refractivity contribution is 6.31. The van der Waals surface area contributed by atoms with Gasteiger partial charge in [-0.3, -0.25) is 9.36 Å². The van der Waals surface area contributed by atoms with Crippen molar-refractivity contribution in [2.24, 2.45) is 0 Å². The Bertz CT molecular complexity index is 1060. The van der Waals surface area contributed by atoms with Gasteiger partial charge in [-0.1, -0.05) is 11.6 Å². The van der Waals surface area contributed by atoms with Crippen LogP contribution < -0.4 is 10.6 Å². The van der Waals surface area contributed by atoms with Gasteiger partial charge in [0.2, 0.25) is 0 Å². The van der Waals surface area contributed by atoms with Crippen molar-refractivity contribution in [1.82, 2.24) is 24.8 Å². The van der Waals surface area contributed by atoms with Crippen LogP contribution in [0.3, 0.4) is 0 Å². The molecule has 0 radical (unpaired) electrons. The molecule has 0 unspecified atom stereocenters. The highest BCUT2D eigenvalue weighted by atomic mass is 35.5. The number of hydrogen-bond donors (Lipinski definition) is 3. The lowest BCUT2D eigenvalue weighted by molar-refractivity contribution is -0.00177. The zero-order chi connectivity index (χ0) is 22.1. The van der Waals surface area contributed by atoms with E-state index in [1.807, 2.05) is 13.8 Å². The molecule has 1 atom stereocenters.